The molecule has 1 fully saturated rings. The van der Waals surface area contributed by atoms with Gasteiger partial charge in [-0.25, -0.2) is 18.1 Å². The summed E-state index contributed by atoms with van der Waals surface area (Å²) in [7, 11) is -0.570. The molecule has 0 unspecified atom stereocenters. The number of imidazole rings is 1. The molecule has 38 heavy (non-hydrogen) atoms. The molecule has 1 aromatic carbocycles. The zero-order chi connectivity index (χ0) is 27.4. The van der Waals surface area contributed by atoms with Gasteiger partial charge in [-0.1, -0.05) is 30.3 Å². The van der Waals surface area contributed by atoms with Crippen LogP contribution in [-0.2, 0) is 40.1 Å². The van der Waals surface area contributed by atoms with Gasteiger partial charge in [-0.2, -0.15) is 0 Å². The predicted octanol–water partition coefficient (Wildman–Crippen LogP) is -0.0769. The fourth-order valence-corrected chi connectivity index (χ4v) is 5.81. The number of amides is 3. The Morgan fingerprint density at radius 1 is 1.13 bits per heavy atom. The standard InChI is InChI=1S/C25H31N7O5S/c1-30-15-22(27-16-30)38(36,37)29-18-10-12-32(25(35)20-9-6-11-31(20)2)21(14-18)24(34)28-19(23(26)33)13-17-7-4-3-5-8-17/h3-9,11,15-16,18-19,21,29H,10,12-14H2,1-2H3,(H2,26,33)(H,28,34)/t18-,19+,21-/m0/s1. The largest absolute Gasteiger partial charge is 0.368 e. The molecular weight excluding hydrogens is 510 g/mol. The third kappa shape index (κ3) is 6.11. The fraction of sp³-hybridized carbons (Fsp3) is 0.360. The normalized spacial score (nSPS) is 18.6. The first kappa shape index (κ1) is 27.1. The van der Waals surface area contributed by atoms with Crippen molar-refractivity contribution in [2.75, 3.05) is 6.54 Å². The maximum Gasteiger partial charge on any atom is 0.271 e. The molecular formula is C25H31N7O5S. The molecule has 12 nitrogen and oxygen atoms in total. The summed E-state index contributed by atoms with van der Waals surface area (Å²) in [5.74, 6) is -1.68. The summed E-state index contributed by atoms with van der Waals surface area (Å²) in [6, 6.07) is 9.77. The van der Waals surface area contributed by atoms with E-state index in [0.29, 0.717) is 5.69 Å². The number of aryl methyl sites for hydroxylation is 2. The van der Waals surface area contributed by atoms with Crippen LogP contribution in [0.15, 0.2) is 66.2 Å². The van der Waals surface area contributed by atoms with E-state index in [4.69, 9.17) is 5.73 Å². The first-order valence-corrected chi connectivity index (χ1v) is 13.6. The second-order valence-corrected chi connectivity index (χ2v) is 11.1. The zero-order valence-corrected chi connectivity index (χ0v) is 22.0. The van der Waals surface area contributed by atoms with Crippen LogP contribution in [0.1, 0.15) is 28.9 Å². The van der Waals surface area contributed by atoms with Gasteiger partial charge in [0.05, 0.1) is 6.33 Å². The highest BCUT2D eigenvalue weighted by Crippen LogP contribution is 2.23. The third-order valence-corrected chi connectivity index (χ3v) is 7.95. The number of nitrogens with two attached hydrogens (primary N) is 1. The molecule has 2 aromatic heterocycles. The Hall–Kier alpha value is -3.97. The number of sulfonamides is 1. The summed E-state index contributed by atoms with van der Waals surface area (Å²) in [6.45, 7) is 0.122. The fourth-order valence-electron chi connectivity index (χ4n) is 4.54. The molecule has 0 saturated carbocycles. The molecule has 3 amide bonds. The van der Waals surface area contributed by atoms with E-state index >= 15 is 0 Å². The Kier molecular flexibility index (Phi) is 7.97. The van der Waals surface area contributed by atoms with Crippen molar-refractivity contribution in [1.82, 2.24) is 29.1 Å². The monoisotopic (exact) mass is 541 g/mol. The maximum atomic E-state index is 13.5. The SMILES string of the molecule is Cn1cnc(S(=O)(=O)N[C@H]2CCN(C(=O)c3cccn3C)[C@H](C(=O)N[C@H](Cc3ccccc3)C(N)=O)C2)c1. The van der Waals surface area contributed by atoms with E-state index in [2.05, 4.69) is 15.0 Å². The van der Waals surface area contributed by atoms with Crippen LogP contribution in [0.4, 0.5) is 0 Å². The molecule has 1 aliphatic rings. The molecule has 0 radical (unpaired) electrons. The second-order valence-electron chi connectivity index (χ2n) is 9.39. The Bertz CT molecular complexity index is 1420. The smallest absolute Gasteiger partial charge is 0.271 e. The zero-order valence-electron chi connectivity index (χ0n) is 21.1. The van der Waals surface area contributed by atoms with Gasteiger partial charge in [-0.15, -0.1) is 0 Å². The van der Waals surface area contributed by atoms with Crippen LogP contribution in [0.2, 0.25) is 0 Å². The van der Waals surface area contributed by atoms with Gasteiger partial charge in [0.2, 0.25) is 11.8 Å². The van der Waals surface area contributed by atoms with Gasteiger partial charge in [0, 0.05) is 45.5 Å². The molecule has 3 aromatic rings. The van der Waals surface area contributed by atoms with Crippen LogP contribution >= 0.6 is 0 Å². The van der Waals surface area contributed by atoms with E-state index in [1.165, 1.54) is 22.0 Å². The quantitative estimate of drug-likeness (QED) is 0.343. The summed E-state index contributed by atoms with van der Waals surface area (Å²) >= 11 is 0. The predicted molar refractivity (Wildman–Crippen MR) is 138 cm³/mol. The van der Waals surface area contributed by atoms with E-state index in [1.54, 1.807) is 37.0 Å². The third-order valence-electron chi connectivity index (χ3n) is 6.55. The minimum Gasteiger partial charge on any atom is -0.368 e. The van der Waals surface area contributed by atoms with Crippen LogP contribution in [-0.4, -0.2) is 69.8 Å². The molecule has 202 valence electrons. The number of rotatable bonds is 9. The number of nitrogens with one attached hydrogen (secondary N) is 2. The number of carbonyl (C=O) groups is 3. The van der Waals surface area contributed by atoms with Crippen molar-refractivity contribution in [3.63, 3.8) is 0 Å². The lowest BCUT2D eigenvalue weighted by atomic mass is 9.96. The number of hydrogen-bond donors (Lipinski definition) is 3. The van der Waals surface area contributed by atoms with Gasteiger partial charge in [0.15, 0.2) is 5.03 Å². The van der Waals surface area contributed by atoms with Crippen molar-refractivity contribution in [3.05, 3.63) is 72.4 Å². The average molecular weight is 542 g/mol. The molecule has 4 rings (SSSR count). The number of aromatic nitrogens is 3. The molecule has 1 saturated heterocycles. The Labute approximate surface area is 220 Å². The first-order valence-electron chi connectivity index (χ1n) is 12.1. The molecule has 0 aliphatic carbocycles. The van der Waals surface area contributed by atoms with E-state index in [9.17, 15) is 22.8 Å². The van der Waals surface area contributed by atoms with Crippen LogP contribution in [0.3, 0.4) is 0 Å². The summed E-state index contributed by atoms with van der Waals surface area (Å²) in [4.78, 5) is 44.5. The second kappa shape index (κ2) is 11.2. The molecule has 3 atom stereocenters. The Morgan fingerprint density at radius 2 is 1.87 bits per heavy atom. The summed E-state index contributed by atoms with van der Waals surface area (Å²) < 4.78 is 31.5. The number of likely N-dealkylation sites (tertiary alicyclic amines) is 1. The van der Waals surface area contributed by atoms with E-state index in [0.717, 1.165) is 5.56 Å². The highest BCUT2D eigenvalue weighted by atomic mass is 32.2. The van der Waals surface area contributed by atoms with Gasteiger partial charge in [-0.3, -0.25) is 14.4 Å². The van der Waals surface area contributed by atoms with E-state index in [1.807, 2.05) is 30.3 Å². The number of carbonyl (C=O) groups excluding carboxylic acids is 3. The van der Waals surface area contributed by atoms with Crippen molar-refractivity contribution in [2.24, 2.45) is 19.8 Å². The number of hydrogen-bond acceptors (Lipinski definition) is 6. The van der Waals surface area contributed by atoms with Crippen molar-refractivity contribution >= 4 is 27.7 Å². The van der Waals surface area contributed by atoms with Gasteiger partial charge >= 0.3 is 0 Å². The lowest BCUT2D eigenvalue weighted by molar-refractivity contribution is -0.131. The number of benzene rings is 1. The minimum absolute atomic E-state index is 0.00484. The summed E-state index contributed by atoms with van der Waals surface area (Å²) in [6.07, 6.45) is 4.94. The molecule has 1 aliphatic heterocycles. The van der Waals surface area contributed by atoms with Gasteiger partial charge < -0.3 is 25.1 Å². The maximum absolute atomic E-state index is 13.5. The molecule has 4 N–H and O–H groups in total. The highest BCUT2D eigenvalue weighted by Gasteiger charge is 2.39. The van der Waals surface area contributed by atoms with Gasteiger partial charge in [0.1, 0.15) is 17.8 Å². The Morgan fingerprint density at radius 3 is 2.47 bits per heavy atom. The first-order chi connectivity index (χ1) is 18.0. The van der Waals surface area contributed by atoms with Crippen molar-refractivity contribution in [2.45, 2.75) is 42.4 Å². The topological polar surface area (TPSA) is 161 Å². The van der Waals surface area contributed by atoms with E-state index < -0.39 is 40.0 Å². The molecule has 0 spiro atoms. The number of nitrogens with zero attached hydrogens (tertiary/aromatic N) is 4. The van der Waals surface area contributed by atoms with Gasteiger partial charge in [0.25, 0.3) is 15.9 Å². The van der Waals surface area contributed by atoms with Crippen LogP contribution in [0.25, 0.3) is 0 Å². The van der Waals surface area contributed by atoms with Crippen LogP contribution in [0, 0.1) is 0 Å². The summed E-state index contributed by atoms with van der Waals surface area (Å²) in [5, 5.41) is 2.55. The van der Waals surface area contributed by atoms with Crippen molar-refractivity contribution in [1.29, 1.82) is 0 Å². The molecule has 0 bridgehead atoms. The van der Waals surface area contributed by atoms with Gasteiger partial charge in [-0.05, 0) is 30.5 Å². The Balaban J connectivity index is 1.56. The molecule has 13 heteroatoms. The minimum atomic E-state index is -3.95. The van der Waals surface area contributed by atoms with Crippen molar-refractivity contribution < 1.29 is 22.8 Å². The van der Waals surface area contributed by atoms with Crippen molar-refractivity contribution in [3.8, 4) is 0 Å². The van der Waals surface area contributed by atoms with Crippen LogP contribution < -0.4 is 15.8 Å². The lowest BCUT2D eigenvalue weighted by Gasteiger charge is -2.39. The number of piperidine rings is 1. The van der Waals surface area contributed by atoms with E-state index in [-0.39, 0.29) is 36.7 Å². The average Bonchev–Trinajstić information content (AvgIpc) is 3.52. The van der Waals surface area contributed by atoms with Crippen LogP contribution in [0.5, 0.6) is 0 Å². The highest BCUT2D eigenvalue weighted by molar-refractivity contribution is 7.89. The summed E-state index contributed by atoms with van der Waals surface area (Å²) in [5.41, 5.74) is 6.78. The lowest BCUT2D eigenvalue weighted by Crippen LogP contribution is -2.60. The number of primary amides is 1. The molecule has 3 heterocycles.